The molecule has 2 heterocycles. The van der Waals surface area contributed by atoms with Gasteiger partial charge in [-0.25, -0.2) is 4.98 Å². The van der Waals surface area contributed by atoms with E-state index < -0.39 is 6.10 Å². The Balaban J connectivity index is 1.61. The second kappa shape index (κ2) is 6.82. The third-order valence-electron chi connectivity index (χ3n) is 4.85. The lowest BCUT2D eigenvalue weighted by Crippen LogP contribution is -2.34. The minimum atomic E-state index is -0.525. The minimum absolute atomic E-state index is 0.525. The molecule has 0 saturated carbocycles. The number of aryl methyl sites for hydroxylation is 1. The van der Waals surface area contributed by atoms with Crippen molar-refractivity contribution in [2.24, 2.45) is 0 Å². The number of β-amino-alcohol motifs (C(OH)–C–C–N with tert-alkyl or cyclic N) is 1. The highest BCUT2D eigenvalue weighted by atomic mass is 16.3. The predicted molar refractivity (Wildman–Crippen MR) is 98.0 cm³/mol. The normalized spacial score (nSPS) is 17.4. The summed E-state index contributed by atoms with van der Waals surface area (Å²) in [6, 6.07) is 20.8. The molecule has 1 aromatic heterocycles. The van der Waals surface area contributed by atoms with Gasteiger partial charge in [-0.1, -0.05) is 60.7 Å². The highest BCUT2D eigenvalue weighted by Gasteiger charge is 2.29. The molecule has 1 aliphatic rings. The van der Waals surface area contributed by atoms with E-state index in [1.54, 1.807) is 0 Å². The quantitative estimate of drug-likeness (QED) is 0.796. The fourth-order valence-electron chi connectivity index (χ4n) is 3.61. The maximum absolute atomic E-state index is 10.6. The molecule has 0 radical (unpaired) electrons. The number of imidazole rings is 1. The van der Waals surface area contributed by atoms with Gasteiger partial charge >= 0.3 is 0 Å². The van der Waals surface area contributed by atoms with Crippen LogP contribution in [0.15, 0.2) is 60.7 Å². The summed E-state index contributed by atoms with van der Waals surface area (Å²) in [6.07, 6.45) is -0.525. The third-order valence-corrected chi connectivity index (χ3v) is 4.85. The average molecular weight is 333 g/mol. The molecule has 0 spiro atoms. The van der Waals surface area contributed by atoms with E-state index in [0.717, 1.165) is 36.8 Å². The number of aromatic nitrogens is 2. The van der Waals surface area contributed by atoms with Crippen LogP contribution in [0, 0.1) is 6.92 Å². The number of aliphatic hydroxyl groups is 1. The van der Waals surface area contributed by atoms with Gasteiger partial charge in [-0.2, -0.15) is 0 Å². The molecule has 25 heavy (non-hydrogen) atoms. The van der Waals surface area contributed by atoms with Gasteiger partial charge in [0.25, 0.3) is 0 Å². The van der Waals surface area contributed by atoms with E-state index in [0.29, 0.717) is 6.54 Å². The standard InChI is InChI=1S/C21H23N3O/c1-16-22-21-19(24(16)13-18-10-6-3-7-11-18)14-23(15-20(21)25)12-17-8-4-2-5-9-17/h2-11,20,25H,12-15H2,1H3. The van der Waals surface area contributed by atoms with Gasteiger partial charge in [-0.05, 0) is 18.1 Å². The lowest BCUT2D eigenvalue weighted by molar-refractivity contribution is 0.0829. The van der Waals surface area contributed by atoms with Gasteiger partial charge < -0.3 is 9.67 Å². The Bertz CT molecular complexity index is 842. The van der Waals surface area contributed by atoms with E-state index in [-0.39, 0.29) is 0 Å². The highest BCUT2D eigenvalue weighted by molar-refractivity contribution is 5.26. The van der Waals surface area contributed by atoms with E-state index in [1.165, 1.54) is 11.1 Å². The largest absolute Gasteiger partial charge is 0.385 e. The molecule has 1 aliphatic heterocycles. The summed E-state index contributed by atoms with van der Waals surface area (Å²) in [5.74, 6) is 0.967. The predicted octanol–water partition coefficient (Wildman–Crippen LogP) is 3.29. The Morgan fingerprint density at radius 3 is 2.20 bits per heavy atom. The van der Waals surface area contributed by atoms with Gasteiger partial charge in [-0.3, -0.25) is 4.90 Å². The Labute approximate surface area is 148 Å². The highest BCUT2D eigenvalue weighted by Crippen LogP contribution is 2.28. The van der Waals surface area contributed by atoms with Crippen molar-refractivity contribution in [1.82, 2.24) is 14.5 Å². The maximum Gasteiger partial charge on any atom is 0.110 e. The number of hydrogen-bond acceptors (Lipinski definition) is 3. The molecule has 2 aromatic carbocycles. The summed E-state index contributed by atoms with van der Waals surface area (Å²) in [4.78, 5) is 6.95. The monoisotopic (exact) mass is 333 g/mol. The molecule has 1 unspecified atom stereocenters. The Morgan fingerprint density at radius 2 is 1.56 bits per heavy atom. The molecule has 4 nitrogen and oxygen atoms in total. The molecule has 0 fully saturated rings. The van der Waals surface area contributed by atoms with Crippen molar-refractivity contribution < 1.29 is 5.11 Å². The van der Waals surface area contributed by atoms with Gasteiger partial charge in [0.2, 0.25) is 0 Å². The Kier molecular flexibility index (Phi) is 4.38. The molecule has 1 N–H and O–H groups in total. The van der Waals surface area contributed by atoms with E-state index in [4.69, 9.17) is 0 Å². The number of hydrogen-bond donors (Lipinski definition) is 1. The molecule has 0 saturated heterocycles. The number of rotatable bonds is 4. The lowest BCUT2D eigenvalue weighted by atomic mass is 10.1. The van der Waals surface area contributed by atoms with Gasteiger partial charge in [0.05, 0.1) is 11.4 Å². The average Bonchev–Trinajstić information content (AvgIpc) is 2.94. The molecule has 0 aliphatic carbocycles. The van der Waals surface area contributed by atoms with Crippen LogP contribution in [0.4, 0.5) is 0 Å². The number of nitrogens with zero attached hydrogens (tertiary/aromatic N) is 3. The van der Waals surface area contributed by atoms with Crippen molar-refractivity contribution in [1.29, 1.82) is 0 Å². The smallest absolute Gasteiger partial charge is 0.110 e. The van der Waals surface area contributed by atoms with Crippen LogP contribution in [0.3, 0.4) is 0 Å². The summed E-state index contributed by atoms with van der Waals surface area (Å²) in [7, 11) is 0. The van der Waals surface area contributed by atoms with Crippen LogP contribution in [0.5, 0.6) is 0 Å². The molecule has 0 amide bonds. The van der Waals surface area contributed by atoms with E-state index in [1.807, 2.05) is 19.1 Å². The zero-order valence-electron chi connectivity index (χ0n) is 14.5. The van der Waals surface area contributed by atoms with E-state index in [2.05, 4.69) is 63.0 Å². The lowest BCUT2D eigenvalue weighted by Gasteiger charge is -2.30. The Morgan fingerprint density at radius 1 is 0.960 bits per heavy atom. The second-order valence-electron chi connectivity index (χ2n) is 6.73. The maximum atomic E-state index is 10.6. The van der Waals surface area contributed by atoms with Gasteiger partial charge in [0.15, 0.2) is 0 Å². The summed E-state index contributed by atoms with van der Waals surface area (Å²) in [5.41, 5.74) is 4.50. The summed E-state index contributed by atoms with van der Waals surface area (Å²) >= 11 is 0. The number of aliphatic hydroxyl groups excluding tert-OH is 1. The van der Waals surface area contributed by atoms with Crippen LogP contribution in [0.1, 0.15) is 34.4 Å². The van der Waals surface area contributed by atoms with Gasteiger partial charge in [0.1, 0.15) is 11.9 Å². The summed E-state index contributed by atoms with van der Waals surface area (Å²) in [6.45, 7) is 5.10. The molecular weight excluding hydrogens is 310 g/mol. The summed E-state index contributed by atoms with van der Waals surface area (Å²) in [5, 5.41) is 10.6. The number of fused-ring (bicyclic) bond motifs is 1. The molecule has 4 rings (SSSR count). The first-order valence-corrected chi connectivity index (χ1v) is 8.75. The third kappa shape index (κ3) is 3.36. The number of benzene rings is 2. The topological polar surface area (TPSA) is 41.3 Å². The Hall–Kier alpha value is -2.43. The van der Waals surface area contributed by atoms with Crippen LogP contribution in [-0.4, -0.2) is 26.1 Å². The molecule has 128 valence electrons. The van der Waals surface area contributed by atoms with Crippen LogP contribution < -0.4 is 0 Å². The summed E-state index contributed by atoms with van der Waals surface area (Å²) < 4.78 is 2.24. The SMILES string of the molecule is Cc1nc2c(n1Cc1ccccc1)CN(Cc1ccccc1)CC2O. The van der Waals surface area contributed by atoms with Gasteiger partial charge in [0, 0.05) is 26.2 Å². The molecule has 0 bridgehead atoms. The van der Waals surface area contributed by atoms with Crippen LogP contribution in [-0.2, 0) is 19.6 Å². The van der Waals surface area contributed by atoms with Crippen molar-refractivity contribution in [3.05, 3.63) is 89.0 Å². The molecule has 1 atom stereocenters. The zero-order chi connectivity index (χ0) is 17.2. The van der Waals surface area contributed by atoms with Crippen molar-refractivity contribution in [2.45, 2.75) is 32.7 Å². The molecule has 4 heteroatoms. The first kappa shape index (κ1) is 16.1. The fourth-order valence-corrected chi connectivity index (χ4v) is 3.61. The first-order chi connectivity index (χ1) is 12.2. The van der Waals surface area contributed by atoms with Crippen molar-refractivity contribution in [3.8, 4) is 0 Å². The zero-order valence-corrected chi connectivity index (χ0v) is 14.5. The van der Waals surface area contributed by atoms with Crippen LogP contribution >= 0.6 is 0 Å². The second-order valence-corrected chi connectivity index (χ2v) is 6.73. The molecule has 3 aromatic rings. The van der Waals surface area contributed by atoms with Crippen LogP contribution in [0.25, 0.3) is 0 Å². The van der Waals surface area contributed by atoms with Crippen molar-refractivity contribution in [3.63, 3.8) is 0 Å². The first-order valence-electron chi connectivity index (χ1n) is 8.75. The van der Waals surface area contributed by atoms with Gasteiger partial charge in [-0.15, -0.1) is 0 Å². The van der Waals surface area contributed by atoms with Crippen LogP contribution in [0.2, 0.25) is 0 Å². The van der Waals surface area contributed by atoms with E-state index in [9.17, 15) is 5.11 Å². The van der Waals surface area contributed by atoms with Crippen molar-refractivity contribution >= 4 is 0 Å². The van der Waals surface area contributed by atoms with E-state index >= 15 is 0 Å². The minimum Gasteiger partial charge on any atom is -0.385 e. The fraction of sp³-hybridized carbons (Fsp3) is 0.286. The molecular formula is C21H23N3O. The van der Waals surface area contributed by atoms with Crippen molar-refractivity contribution in [2.75, 3.05) is 6.54 Å².